The van der Waals surface area contributed by atoms with Gasteiger partial charge in [-0.25, -0.2) is 0 Å². The molecule has 0 unspecified atom stereocenters. The van der Waals surface area contributed by atoms with Crippen molar-refractivity contribution in [1.82, 2.24) is 0 Å². The monoisotopic (exact) mass is 306 g/mol. The van der Waals surface area contributed by atoms with Crippen LogP contribution in [-0.4, -0.2) is 0 Å². The van der Waals surface area contributed by atoms with Crippen molar-refractivity contribution < 1.29 is 0 Å². The molecule has 0 heterocycles. The van der Waals surface area contributed by atoms with Crippen molar-refractivity contribution in [3.63, 3.8) is 0 Å². The Balaban J connectivity index is 2.05. The van der Waals surface area contributed by atoms with Gasteiger partial charge in [0.2, 0.25) is 0 Å². The minimum atomic E-state index is 1.06. The van der Waals surface area contributed by atoms with Crippen LogP contribution < -0.4 is 0 Å². The summed E-state index contributed by atoms with van der Waals surface area (Å²) in [6.45, 7) is 4.30. The fourth-order valence-corrected chi connectivity index (χ4v) is 3.34. The number of rotatable bonds is 0. The lowest BCUT2D eigenvalue weighted by Gasteiger charge is -2.11. The van der Waals surface area contributed by atoms with Crippen molar-refractivity contribution in [2.45, 2.75) is 13.8 Å². The summed E-state index contributed by atoms with van der Waals surface area (Å²) in [6, 6.07) is 25.5. The Morgan fingerprint density at radius 1 is 0.583 bits per heavy atom. The molecule has 0 radical (unpaired) electrons. The van der Waals surface area contributed by atoms with Crippen LogP contribution in [0.5, 0.6) is 0 Å². The zero-order valence-electron chi connectivity index (χ0n) is 13.9. The normalized spacial score (nSPS) is 10.6. The van der Waals surface area contributed by atoms with Gasteiger partial charge >= 0.3 is 0 Å². The maximum Gasteiger partial charge on any atom is 0.0406 e. The van der Waals surface area contributed by atoms with Crippen LogP contribution in [0.4, 0.5) is 0 Å². The molecule has 0 atom stereocenters. The molecule has 0 nitrogen and oxygen atoms in total. The molecule has 0 amide bonds. The lowest BCUT2D eigenvalue weighted by molar-refractivity contribution is 1.45. The van der Waals surface area contributed by atoms with Crippen molar-refractivity contribution in [3.8, 4) is 11.8 Å². The number of aryl methyl sites for hydroxylation is 2. The summed E-state index contributed by atoms with van der Waals surface area (Å²) >= 11 is 0. The Kier molecular flexibility index (Phi) is 3.56. The molecule has 114 valence electrons. The lowest BCUT2D eigenvalue weighted by atomic mass is 9.92. The summed E-state index contributed by atoms with van der Waals surface area (Å²) in [5, 5.41) is 5.03. The summed E-state index contributed by atoms with van der Waals surface area (Å²) in [7, 11) is 0. The van der Waals surface area contributed by atoms with E-state index >= 15 is 0 Å². The predicted molar refractivity (Wildman–Crippen MR) is 103 cm³/mol. The molecule has 0 aliphatic carbocycles. The van der Waals surface area contributed by atoms with Crippen LogP contribution in [0.25, 0.3) is 21.5 Å². The second-order valence-corrected chi connectivity index (χ2v) is 6.21. The molecular weight excluding hydrogens is 288 g/mol. The van der Waals surface area contributed by atoms with E-state index < -0.39 is 0 Å². The van der Waals surface area contributed by atoms with Gasteiger partial charge in [0, 0.05) is 11.1 Å². The molecule has 4 aromatic rings. The second kappa shape index (κ2) is 5.87. The van der Waals surface area contributed by atoms with E-state index in [9.17, 15) is 0 Å². The zero-order chi connectivity index (χ0) is 16.5. The summed E-state index contributed by atoms with van der Waals surface area (Å²) in [5.74, 6) is 6.81. The Morgan fingerprint density at radius 3 is 1.75 bits per heavy atom. The van der Waals surface area contributed by atoms with Crippen molar-refractivity contribution >= 4 is 21.5 Å². The molecule has 0 aliphatic rings. The van der Waals surface area contributed by atoms with Gasteiger partial charge in [-0.05, 0) is 58.7 Å². The maximum absolute atomic E-state index is 3.45. The van der Waals surface area contributed by atoms with Crippen LogP contribution in [0.3, 0.4) is 0 Å². The molecule has 0 spiro atoms. The lowest BCUT2D eigenvalue weighted by Crippen LogP contribution is -1.89. The Labute approximate surface area is 142 Å². The molecule has 0 N–H and O–H groups in total. The van der Waals surface area contributed by atoms with Gasteiger partial charge in [0.1, 0.15) is 0 Å². The fraction of sp³-hybridized carbons (Fsp3) is 0.0833. The number of fused-ring (bicyclic) bond motifs is 2. The third-order valence-corrected chi connectivity index (χ3v) is 4.55. The summed E-state index contributed by atoms with van der Waals surface area (Å²) in [5.41, 5.74) is 4.74. The van der Waals surface area contributed by atoms with Crippen LogP contribution in [-0.2, 0) is 0 Å². The third-order valence-electron chi connectivity index (χ3n) is 4.55. The van der Waals surface area contributed by atoms with E-state index in [1.165, 1.54) is 32.7 Å². The molecule has 0 aliphatic heterocycles. The highest BCUT2D eigenvalue weighted by atomic mass is 14.1. The summed E-state index contributed by atoms with van der Waals surface area (Å²) < 4.78 is 0. The third kappa shape index (κ3) is 2.45. The van der Waals surface area contributed by atoms with Gasteiger partial charge in [-0.3, -0.25) is 0 Å². The molecule has 0 bridgehead atoms. The topological polar surface area (TPSA) is 0 Å². The van der Waals surface area contributed by atoms with E-state index in [2.05, 4.69) is 98.5 Å². The van der Waals surface area contributed by atoms with E-state index in [1.54, 1.807) is 0 Å². The molecule has 0 aromatic heterocycles. The van der Waals surface area contributed by atoms with E-state index in [4.69, 9.17) is 0 Å². The minimum absolute atomic E-state index is 1.06. The maximum atomic E-state index is 3.45. The minimum Gasteiger partial charge on any atom is -0.0616 e. The molecule has 0 fully saturated rings. The first-order chi connectivity index (χ1) is 11.7. The van der Waals surface area contributed by atoms with Gasteiger partial charge < -0.3 is 0 Å². The van der Waals surface area contributed by atoms with Gasteiger partial charge in [-0.2, -0.15) is 0 Å². The highest BCUT2D eigenvalue weighted by molar-refractivity contribution is 6.07. The van der Waals surface area contributed by atoms with Crippen LogP contribution in [0.1, 0.15) is 22.3 Å². The van der Waals surface area contributed by atoms with Gasteiger partial charge in [0.25, 0.3) is 0 Å². The van der Waals surface area contributed by atoms with E-state index in [0.29, 0.717) is 0 Å². The fourth-order valence-electron chi connectivity index (χ4n) is 3.34. The Bertz CT molecular complexity index is 1060. The molecule has 4 aromatic carbocycles. The zero-order valence-corrected chi connectivity index (χ0v) is 13.9. The van der Waals surface area contributed by atoms with Crippen molar-refractivity contribution in [2.75, 3.05) is 0 Å². The van der Waals surface area contributed by atoms with E-state index in [0.717, 1.165) is 11.1 Å². The highest BCUT2D eigenvalue weighted by Crippen LogP contribution is 2.31. The molecule has 24 heavy (non-hydrogen) atoms. The summed E-state index contributed by atoms with van der Waals surface area (Å²) in [4.78, 5) is 0. The van der Waals surface area contributed by atoms with Crippen LogP contribution in [0.15, 0.2) is 72.8 Å². The van der Waals surface area contributed by atoms with Gasteiger partial charge in [0.15, 0.2) is 0 Å². The first kappa shape index (κ1) is 14.5. The van der Waals surface area contributed by atoms with Gasteiger partial charge in [0.05, 0.1) is 0 Å². The van der Waals surface area contributed by atoms with Gasteiger partial charge in [-0.15, -0.1) is 0 Å². The van der Waals surface area contributed by atoms with Crippen LogP contribution in [0, 0.1) is 25.7 Å². The molecular formula is C24H18. The van der Waals surface area contributed by atoms with Crippen LogP contribution in [0.2, 0.25) is 0 Å². The first-order valence-corrected chi connectivity index (χ1v) is 8.23. The van der Waals surface area contributed by atoms with Crippen LogP contribution >= 0.6 is 0 Å². The first-order valence-electron chi connectivity index (χ1n) is 8.23. The van der Waals surface area contributed by atoms with Crippen molar-refractivity contribution in [1.29, 1.82) is 0 Å². The number of hydrogen-bond acceptors (Lipinski definition) is 0. The second-order valence-electron chi connectivity index (χ2n) is 6.21. The smallest absolute Gasteiger partial charge is 0.0406 e. The predicted octanol–water partition coefficient (Wildman–Crippen LogP) is 6.01. The average molecular weight is 306 g/mol. The number of benzene rings is 4. The molecule has 0 saturated heterocycles. The highest BCUT2D eigenvalue weighted by Gasteiger charge is 2.09. The SMILES string of the molecule is Cc1cccc(C#Cc2c3ccccc3c(C)c3ccccc23)c1. The van der Waals surface area contributed by atoms with Gasteiger partial charge in [-0.1, -0.05) is 72.5 Å². The van der Waals surface area contributed by atoms with E-state index in [-0.39, 0.29) is 0 Å². The molecule has 0 heteroatoms. The molecule has 0 saturated carbocycles. The largest absolute Gasteiger partial charge is 0.0616 e. The molecule has 4 rings (SSSR count). The Morgan fingerprint density at radius 2 is 1.17 bits per heavy atom. The quantitative estimate of drug-likeness (QED) is 0.276. The Hall–Kier alpha value is -3.04. The van der Waals surface area contributed by atoms with Crippen molar-refractivity contribution in [3.05, 3.63) is 95.1 Å². The summed E-state index contributed by atoms with van der Waals surface area (Å²) in [6.07, 6.45) is 0. The van der Waals surface area contributed by atoms with E-state index in [1.807, 2.05) is 0 Å². The standard InChI is InChI=1S/C24H18/c1-17-8-7-9-19(16-17)14-15-24-22-12-5-3-10-20(22)18(2)21-11-4-6-13-23(21)24/h3-13,16H,1-2H3. The van der Waals surface area contributed by atoms with Crippen molar-refractivity contribution in [2.24, 2.45) is 0 Å². The average Bonchev–Trinajstić information content (AvgIpc) is 2.62. The number of hydrogen-bond donors (Lipinski definition) is 0.